The lowest BCUT2D eigenvalue weighted by atomic mass is 9.82. The Morgan fingerprint density at radius 3 is 2.30 bits per heavy atom. The number of amides is 3. The molecule has 1 aliphatic heterocycles. The highest BCUT2D eigenvalue weighted by Gasteiger charge is 2.33. The summed E-state index contributed by atoms with van der Waals surface area (Å²) >= 11 is 0. The second-order valence-corrected chi connectivity index (χ2v) is 14.3. The molecule has 2 rings (SSSR count). The van der Waals surface area contributed by atoms with Crippen LogP contribution in [-0.2, 0) is 14.3 Å². The van der Waals surface area contributed by atoms with Gasteiger partial charge in [-0.25, -0.2) is 4.79 Å². The van der Waals surface area contributed by atoms with Crippen LogP contribution in [0.15, 0.2) is 24.3 Å². The van der Waals surface area contributed by atoms with Gasteiger partial charge in [-0.2, -0.15) is 0 Å². The van der Waals surface area contributed by atoms with Gasteiger partial charge in [-0.15, -0.1) is 0 Å². The first kappa shape index (κ1) is 40.3. The Kier molecular flexibility index (Phi) is 17.5. The summed E-state index contributed by atoms with van der Waals surface area (Å²) in [6.07, 6.45) is 0.766. The summed E-state index contributed by atoms with van der Waals surface area (Å²) in [5.41, 5.74) is -0.267. The van der Waals surface area contributed by atoms with Crippen LogP contribution in [0.1, 0.15) is 91.4 Å². The molecule has 4 unspecified atom stereocenters. The number of nitrogens with zero attached hydrogens (tertiary/aromatic N) is 1. The van der Waals surface area contributed by atoms with Crippen molar-refractivity contribution >= 4 is 17.9 Å². The second kappa shape index (κ2) is 20.5. The monoisotopic (exact) mass is 662 g/mol. The fraction of sp³-hybridized carbons (Fsp3) is 0.750. The standard InChI is InChI=1S/C36H62N4O7/c1-9-10-15-37-34(43)29(26(4)5)23-31(41)30(39-35(44)47-36(6,7)8)22-27(25(2)3)24-38-33(42)28-13-11-12-14-32(28)46-21-18-40-16-19-45-20-17-40/h11-14,25-27,29-31,41H,9-10,15-24H2,1-8H3,(H,37,43)(H,38,42)(H,39,44). The van der Waals surface area contributed by atoms with Gasteiger partial charge in [0.25, 0.3) is 5.91 Å². The quantitative estimate of drug-likeness (QED) is 0.158. The molecular weight excluding hydrogens is 600 g/mol. The summed E-state index contributed by atoms with van der Waals surface area (Å²) in [5, 5.41) is 20.5. The Hall–Kier alpha value is -2.89. The van der Waals surface area contributed by atoms with Crippen molar-refractivity contribution in [2.45, 2.75) is 98.8 Å². The van der Waals surface area contributed by atoms with E-state index >= 15 is 0 Å². The summed E-state index contributed by atoms with van der Waals surface area (Å²) in [6.45, 7) is 20.7. The van der Waals surface area contributed by atoms with Gasteiger partial charge in [0.15, 0.2) is 0 Å². The number of nitrogens with one attached hydrogen (secondary N) is 3. The van der Waals surface area contributed by atoms with E-state index in [1.54, 1.807) is 32.9 Å². The van der Waals surface area contributed by atoms with Crippen molar-refractivity contribution in [1.82, 2.24) is 20.9 Å². The molecule has 1 aliphatic rings. The molecular formula is C36H62N4O7. The van der Waals surface area contributed by atoms with E-state index in [2.05, 4.69) is 41.6 Å². The zero-order valence-corrected chi connectivity index (χ0v) is 30.1. The lowest BCUT2D eigenvalue weighted by molar-refractivity contribution is -0.127. The third-order valence-electron chi connectivity index (χ3n) is 8.56. The zero-order chi connectivity index (χ0) is 35.0. The van der Waals surface area contributed by atoms with Crippen molar-refractivity contribution < 1.29 is 33.7 Å². The third-order valence-corrected chi connectivity index (χ3v) is 8.56. The van der Waals surface area contributed by atoms with Gasteiger partial charge in [0, 0.05) is 38.6 Å². The smallest absolute Gasteiger partial charge is 0.407 e. The molecule has 0 spiro atoms. The van der Waals surface area contributed by atoms with Crippen LogP contribution < -0.4 is 20.7 Å². The van der Waals surface area contributed by atoms with Crippen LogP contribution in [0.4, 0.5) is 4.79 Å². The number of hydrogen-bond acceptors (Lipinski definition) is 8. The molecule has 47 heavy (non-hydrogen) atoms. The van der Waals surface area contributed by atoms with E-state index in [4.69, 9.17) is 14.2 Å². The molecule has 1 aromatic carbocycles. The fourth-order valence-corrected chi connectivity index (χ4v) is 5.52. The number of alkyl carbamates (subject to hydrolysis) is 1. The van der Waals surface area contributed by atoms with Crippen molar-refractivity contribution in [3.63, 3.8) is 0 Å². The van der Waals surface area contributed by atoms with Gasteiger partial charge < -0.3 is 35.3 Å². The SMILES string of the molecule is CCCCNC(=O)C(CC(O)C(CC(CNC(=O)c1ccccc1OCCN1CCOCC1)C(C)C)NC(=O)OC(C)(C)C)C(C)C. The summed E-state index contributed by atoms with van der Waals surface area (Å²) in [6, 6.07) is 6.51. The maximum atomic E-state index is 13.4. The number of para-hydroxylation sites is 1. The number of hydrogen-bond donors (Lipinski definition) is 4. The molecule has 3 amide bonds. The minimum absolute atomic E-state index is 0.00945. The van der Waals surface area contributed by atoms with E-state index in [1.807, 2.05) is 26.0 Å². The van der Waals surface area contributed by atoms with Gasteiger partial charge in [-0.3, -0.25) is 14.5 Å². The lowest BCUT2D eigenvalue weighted by Crippen LogP contribution is -2.49. The van der Waals surface area contributed by atoms with Crippen LogP contribution in [0, 0.1) is 23.7 Å². The normalized spacial score (nSPS) is 16.7. The van der Waals surface area contributed by atoms with Crippen molar-refractivity contribution in [3.8, 4) is 5.75 Å². The van der Waals surface area contributed by atoms with Crippen LogP contribution in [0.25, 0.3) is 0 Å². The maximum Gasteiger partial charge on any atom is 0.407 e. The molecule has 1 aromatic rings. The van der Waals surface area contributed by atoms with Crippen LogP contribution in [0.3, 0.4) is 0 Å². The Labute approximate surface area is 282 Å². The molecule has 0 aromatic heterocycles. The van der Waals surface area contributed by atoms with Crippen molar-refractivity contribution in [1.29, 1.82) is 0 Å². The largest absolute Gasteiger partial charge is 0.491 e. The van der Waals surface area contributed by atoms with Gasteiger partial charge in [0.05, 0.1) is 30.9 Å². The first-order valence-corrected chi connectivity index (χ1v) is 17.5. The van der Waals surface area contributed by atoms with E-state index in [1.165, 1.54) is 0 Å². The minimum atomic E-state index is -1.01. The number of aliphatic hydroxyl groups excluding tert-OH is 1. The number of benzene rings is 1. The molecule has 0 bridgehead atoms. The van der Waals surface area contributed by atoms with Gasteiger partial charge in [0.2, 0.25) is 5.91 Å². The summed E-state index contributed by atoms with van der Waals surface area (Å²) in [4.78, 5) is 41.6. The van der Waals surface area contributed by atoms with Crippen LogP contribution >= 0.6 is 0 Å². The highest BCUT2D eigenvalue weighted by Crippen LogP contribution is 2.25. The predicted octanol–water partition coefficient (Wildman–Crippen LogP) is 4.62. The van der Waals surface area contributed by atoms with E-state index in [9.17, 15) is 19.5 Å². The Bertz CT molecular complexity index is 1090. The zero-order valence-electron chi connectivity index (χ0n) is 30.1. The molecule has 11 heteroatoms. The van der Waals surface area contributed by atoms with E-state index < -0.39 is 29.8 Å². The lowest BCUT2D eigenvalue weighted by Gasteiger charge is -2.33. The average Bonchev–Trinajstić information content (AvgIpc) is 3.00. The molecule has 4 atom stereocenters. The van der Waals surface area contributed by atoms with Crippen LogP contribution in [0.5, 0.6) is 5.75 Å². The number of rotatable bonds is 19. The van der Waals surface area contributed by atoms with Gasteiger partial charge in [-0.1, -0.05) is 53.2 Å². The maximum absolute atomic E-state index is 13.4. The van der Waals surface area contributed by atoms with E-state index in [0.717, 1.165) is 32.5 Å². The van der Waals surface area contributed by atoms with Crippen LogP contribution in [0.2, 0.25) is 0 Å². The number of unbranched alkanes of at least 4 members (excludes halogenated alkanes) is 1. The topological polar surface area (TPSA) is 138 Å². The first-order valence-electron chi connectivity index (χ1n) is 17.5. The molecule has 0 aliphatic carbocycles. The van der Waals surface area contributed by atoms with Crippen molar-refractivity contribution in [2.75, 3.05) is 52.5 Å². The molecule has 0 radical (unpaired) electrons. The molecule has 1 heterocycles. The summed E-state index contributed by atoms with van der Waals surface area (Å²) in [7, 11) is 0. The van der Waals surface area contributed by atoms with E-state index in [0.29, 0.717) is 50.6 Å². The minimum Gasteiger partial charge on any atom is -0.491 e. The number of aliphatic hydroxyl groups is 1. The number of carbonyl (C=O) groups excluding carboxylic acids is 3. The Balaban J connectivity index is 2.13. The highest BCUT2D eigenvalue weighted by atomic mass is 16.6. The van der Waals surface area contributed by atoms with Gasteiger partial charge in [-0.05, 0) is 69.9 Å². The number of ether oxygens (including phenoxy) is 3. The molecule has 0 saturated carbocycles. The Morgan fingerprint density at radius 1 is 1.00 bits per heavy atom. The Morgan fingerprint density at radius 2 is 1.68 bits per heavy atom. The van der Waals surface area contributed by atoms with E-state index in [-0.39, 0.29) is 36.0 Å². The second-order valence-electron chi connectivity index (χ2n) is 14.3. The van der Waals surface area contributed by atoms with Gasteiger partial charge in [0.1, 0.15) is 18.0 Å². The molecule has 1 fully saturated rings. The van der Waals surface area contributed by atoms with Crippen molar-refractivity contribution in [2.24, 2.45) is 23.7 Å². The first-order chi connectivity index (χ1) is 22.2. The molecule has 11 nitrogen and oxygen atoms in total. The van der Waals surface area contributed by atoms with Crippen LogP contribution in [-0.4, -0.2) is 98.2 Å². The summed E-state index contributed by atoms with van der Waals surface area (Å²) in [5.74, 6) is -0.245. The molecule has 268 valence electrons. The van der Waals surface area contributed by atoms with Crippen molar-refractivity contribution in [3.05, 3.63) is 29.8 Å². The summed E-state index contributed by atoms with van der Waals surface area (Å²) < 4.78 is 17.0. The third kappa shape index (κ3) is 15.3. The fourth-order valence-electron chi connectivity index (χ4n) is 5.52. The van der Waals surface area contributed by atoms with Gasteiger partial charge >= 0.3 is 6.09 Å². The average molecular weight is 663 g/mol. The number of carbonyl (C=O) groups is 3. The molecule has 1 saturated heterocycles. The predicted molar refractivity (Wildman–Crippen MR) is 185 cm³/mol. The number of morpholine rings is 1. The molecule has 4 N–H and O–H groups in total. The highest BCUT2D eigenvalue weighted by molar-refractivity contribution is 5.96.